The maximum absolute atomic E-state index is 13.1. The fourth-order valence-corrected chi connectivity index (χ4v) is 1.98. The van der Waals surface area contributed by atoms with E-state index in [0.29, 0.717) is 19.7 Å². The minimum atomic E-state index is -0.405. The summed E-state index contributed by atoms with van der Waals surface area (Å²) in [6.07, 6.45) is -0.405. The van der Waals surface area contributed by atoms with Gasteiger partial charge >= 0.3 is 0 Å². The molecule has 0 radical (unpaired) electrons. The van der Waals surface area contributed by atoms with Crippen LogP contribution in [0.5, 0.6) is 0 Å². The van der Waals surface area contributed by atoms with E-state index in [1.807, 2.05) is 6.07 Å². The van der Waals surface area contributed by atoms with Gasteiger partial charge in [0.25, 0.3) is 0 Å². The Balaban J connectivity index is 1.97. The number of nitrogens with two attached hydrogens (primary N) is 1. The molecule has 6 heteroatoms. The molecule has 1 aromatic rings. The van der Waals surface area contributed by atoms with E-state index in [4.69, 9.17) is 15.7 Å². The maximum Gasteiger partial charge on any atom is 0.169 e. The molecular weight excluding hydrogens is 237 g/mol. The second kappa shape index (κ2) is 5.79. The molecule has 1 aliphatic heterocycles. The lowest BCUT2D eigenvalue weighted by Gasteiger charge is -2.32. The number of amidine groups is 1. The molecule has 5 nitrogen and oxygen atoms in total. The zero-order valence-corrected chi connectivity index (χ0v) is 9.92. The summed E-state index contributed by atoms with van der Waals surface area (Å²) in [7, 11) is 0. The van der Waals surface area contributed by atoms with Gasteiger partial charge in [0, 0.05) is 19.6 Å². The van der Waals surface area contributed by atoms with Gasteiger partial charge in [0.05, 0.1) is 6.61 Å². The summed E-state index contributed by atoms with van der Waals surface area (Å²) < 4.78 is 18.5. The lowest BCUT2D eigenvalue weighted by atomic mass is 10.2. The van der Waals surface area contributed by atoms with Gasteiger partial charge in [0.15, 0.2) is 5.84 Å². The van der Waals surface area contributed by atoms with Gasteiger partial charge in [-0.15, -0.1) is 0 Å². The van der Waals surface area contributed by atoms with E-state index in [2.05, 4.69) is 10.1 Å². The first-order chi connectivity index (χ1) is 8.69. The van der Waals surface area contributed by atoms with Gasteiger partial charge in [0.2, 0.25) is 0 Å². The Morgan fingerprint density at radius 2 is 2.44 bits per heavy atom. The van der Waals surface area contributed by atoms with Gasteiger partial charge < -0.3 is 15.7 Å². The van der Waals surface area contributed by atoms with Crippen molar-refractivity contribution in [1.82, 2.24) is 4.90 Å². The summed E-state index contributed by atoms with van der Waals surface area (Å²) in [4.78, 5) is 2.08. The van der Waals surface area contributed by atoms with Crippen LogP contribution in [0.15, 0.2) is 29.4 Å². The Morgan fingerprint density at radius 3 is 3.17 bits per heavy atom. The first kappa shape index (κ1) is 12.8. The average molecular weight is 253 g/mol. The van der Waals surface area contributed by atoms with E-state index in [1.165, 1.54) is 12.1 Å². The minimum Gasteiger partial charge on any atom is -0.409 e. The molecule has 0 bridgehead atoms. The van der Waals surface area contributed by atoms with Gasteiger partial charge in [-0.05, 0) is 17.7 Å². The third kappa shape index (κ3) is 3.18. The number of hydrogen-bond donors (Lipinski definition) is 2. The normalized spacial score (nSPS) is 22.1. The molecule has 1 saturated heterocycles. The van der Waals surface area contributed by atoms with Crippen molar-refractivity contribution in [2.45, 2.75) is 12.6 Å². The Morgan fingerprint density at radius 1 is 1.61 bits per heavy atom. The van der Waals surface area contributed by atoms with Crippen LogP contribution in [0, 0.1) is 5.82 Å². The lowest BCUT2D eigenvalue weighted by Crippen LogP contribution is -2.48. The Hall–Kier alpha value is -1.66. The van der Waals surface area contributed by atoms with Crippen LogP contribution >= 0.6 is 0 Å². The maximum atomic E-state index is 13.1. The zero-order valence-electron chi connectivity index (χ0n) is 9.92. The highest BCUT2D eigenvalue weighted by Gasteiger charge is 2.23. The SMILES string of the molecule is NC(=NO)C1CN(Cc2cccc(F)c2)CCO1. The van der Waals surface area contributed by atoms with Crippen molar-refractivity contribution >= 4 is 5.84 Å². The van der Waals surface area contributed by atoms with Gasteiger partial charge in [-0.1, -0.05) is 17.3 Å². The Bertz CT molecular complexity index is 439. The lowest BCUT2D eigenvalue weighted by molar-refractivity contribution is 0.00139. The summed E-state index contributed by atoms with van der Waals surface area (Å²) in [5.41, 5.74) is 6.41. The Labute approximate surface area is 105 Å². The molecule has 1 fully saturated rings. The quantitative estimate of drug-likeness (QED) is 0.361. The predicted molar refractivity (Wildman–Crippen MR) is 64.8 cm³/mol. The van der Waals surface area contributed by atoms with Crippen LogP contribution in [0.4, 0.5) is 4.39 Å². The van der Waals surface area contributed by atoms with Crippen molar-refractivity contribution < 1.29 is 14.3 Å². The van der Waals surface area contributed by atoms with Crippen LogP contribution in [0.1, 0.15) is 5.56 Å². The number of morpholine rings is 1. The first-order valence-electron chi connectivity index (χ1n) is 5.75. The molecule has 1 heterocycles. The molecule has 98 valence electrons. The number of benzene rings is 1. The van der Waals surface area contributed by atoms with E-state index >= 15 is 0 Å². The second-order valence-electron chi connectivity index (χ2n) is 4.25. The number of rotatable bonds is 3. The number of oxime groups is 1. The van der Waals surface area contributed by atoms with Crippen LogP contribution in [0.2, 0.25) is 0 Å². The highest BCUT2D eigenvalue weighted by Crippen LogP contribution is 2.11. The highest BCUT2D eigenvalue weighted by atomic mass is 19.1. The Kier molecular flexibility index (Phi) is 4.11. The molecule has 1 aliphatic rings. The van der Waals surface area contributed by atoms with Crippen molar-refractivity contribution in [2.75, 3.05) is 19.7 Å². The molecule has 3 N–H and O–H groups in total. The third-order valence-corrected chi connectivity index (χ3v) is 2.89. The zero-order chi connectivity index (χ0) is 13.0. The molecule has 0 amide bonds. The van der Waals surface area contributed by atoms with Gasteiger partial charge in [-0.3, -0.25) is 4.90 Å². The van der Waals surface area contributed by atoms with Crippen LogP contribution in [-0.2, 0) is 11.3 Å². The predicted octanol–water partition coefficient (Wildman–Crippen LogP) is 0.773. The standard InChI is InChI=1S/C12H16FN3O2/c13-10-3-1-2-9(6-10)7-16-4-5-18-11(8-16)12(14)15-17/h1-3,6,11,17H,4-5,7-8H2,(H2,14,15). The summed E-state index contributed by atoms with van der Waals surface area (Å²) >= 11 is 0. The smallest absolute Gasteiger partial charge is 0.169 e. The molecule has 0 aromatic heterocycles. The first-order valence-corrected chi connectivity index (χ1v) is 5.75. The van der Waals surface area contributed by atoms with Crippen molar-refractivity contribution in [3.05, 3.63) is 35.6 Å². The van der Waals surface area contributed by atoms with E-state index < -0.39 is 6.10 Å². The molecule has 1 unspecified atom stereocenters. The fourth-order valence-electron chi connectivity index (χ4n) is 1.98. The monoisotopic (exact) mass is 253 g/mol. The van der Waals surface area contributed by atoms with Crippen LogP contribution in [0.3, 0.4) is 0 Å². The van der Waals surface area contributed by atoms with Crippen molar-refractivity contribution in [2.24, 2.45) is 10.9 Å². The summed E-state index contributed by atoms with van der Waals surface area (Å²) in [5.74, 6) is -0.173. The molecular formula is C12H16FN3O2. The van der Waals surface area contributed by atoms with Gasteiger partial charge in [-0.2, -0.15) is 0 Å². The largest absolute Gasteiger partial charge is 0.409 e. The summed E-state index contributed by atoms with van der Waals surface area (Å²) in [5, 5.41) is 11.6. The number of nitrogens with zero attached hydrogens (tertiary/aromatic N) is 2. The van der Waals surface area contributed by atoms with E-state index in [-0.39, 0.29) is 11.7 Å². The molecule has 1 aromatic carbocycles. The molecule has 0 aliphatic carbocycles. The van der Waals surface area contributed by atoms with E-state index in [1.54, 1.807) is 6.07 Å². The summed E-state index contributed by atoms with van der Waals surface area (Å²) in [6.45, 7) is 2.41. The minimum absolute atomic E-state index is 0.0685. The number of hydrogen-bond acceptors (Lipinski definition) is 4. The summed E-state index contributed by atoms with van der Waals surface area (Å²) in [6, 6.07) is 6.49. The van der Waals surface area contributed by atoms with Gasteiger partial charge in [0.1, 0.15) is 11.9 Å². The molecule has 1 atom stereocenters. The van der Waals surface area contributed by atoms with Crippen LogP contribution in [-0.4, -0.2) is 41.7 Å². The van der Waals surface area contributed by atoms with Crippen molar-refractivity contribution in [3.63, 3.8) is 0 Å². The number of halogens is 1. The van der Waals surface area contributed by atoms with E-state index in [9.17, 15) is 4.39 Å². The number of ether oxygens (including phenoxy) is 1. The van der Waals surface area contributed by atoms with E-state index in [0.717, 1.165) is 12.1 Å². The highest BCUT2D eigenvalue weighted by molar-refractivity contribution is 5.84. The third-order valence-electron chi connectivity index (χ3n) is 2.89. The molecule has 0 spiro atoms. The van der Waals surface area contributed by atoms with Crippen molar-refractivity contribution in [3.8, 4) is 0 Å². The van der Waals surface area contributed by atoms with Crippen LogP contribution in [0.25, 0.3) is 0 Å². The molecule has 2 rings (SSSR count). The van der Waals surface area contributed by atoms with Crippen LogP contribution < -0.4 is 5.73 Å². The fraction of sp³-hybridized carbons (Fsp3) is 0.417. The average Bonchev–Trinajstić information content (AvgIpc) is 2.38. The topological polar surface area (TPSA) is 71.1 Å². The molecule has 0 saturated carbocycles. The molecule has 18 heavy (non-hydrogen) atoms. The van der Waals surface area contributed by atoms with Crippen molar-refractivity contribution in [1.29, 1.82) is 0 Å². The van der Waals surface area contributed by atoms with Gasteiger partial charge in [-0.25, -0.2) is 4.39 Å². The second-order valence-corrected chi connectivity index (χ2v) is 4.25.